The lowest BCUT2D eigenvalue weighted by Gasteiger charge is -2.17. The van der Waals surface area contributed by atoms with E-state index in [4.69, 9.17) is 0 Å². The number of rotatable bonds is 1. The van der Waals surface area contributed by atoms with Crippen LogP contribution in [0.5, 0.6) is 0 Å². The summed E-state index contributed by atoms with van der Waals surface area (Å²) in [6.07, 6.45) is 0. The zero-order valence-electron chi connectivity index (χ0n) is 10.0. The van der Waals surface area contributed by atoms with Crippen molar-refractivity contribution in [1.82, 2.24) is 0 Å². The fourth-order valence-corrected chi connectivity index (χ4v) is 2.60. The summed E-state index contributed by atoms with van der Waals surface area (Å²) in [6.45, 7) is 0. The van der Waals surface area contributed by atoms with Gasteiger partial charge in [0.1, 0.15) is 0 Å². The molecule has 0 N–H and O–H groups in total. The number of carbonyl (C=O) groups is 2. The van der Waals surface area contributed by atoms with Gasteiger partial charge in [0.2, 0.25) is 0 Å². The minimum absolute atomic E-state index is 0.0105. The zero-order chi connectivity index (χ0) is 14.3. The molecule has 0 atom stereocenters. The van der Waals surface area contributed by atoms with Gasteiger partial charge in [-0.3, -0.25) is 9.59 Å². The molecule has 0 saturated carbocycles. The van der Waals surface area contributed by atoms with Crippen molar-refractivity contribution in [3.05, 3.63) is 64.7 Å². The molecule has 0 bridgehead atoms. The lowest BCUT2D eigenvalue weighted by atomic mass is 9.83. The highest BCUT2D eigenvalue weighted by molar-refractivity contribution is 7.61. The predicted octanol–water partition coefficient (Wildman–Crippen LogP) is 2.16. The van der Waals surface area contributed by atoms with E-state index >= 15 is 0 Å². The normalized spacial score (nSPS) is 12.6. The molecule has 2 aromatic rings. The van der Waals surface area contributed by atoms with Gasteiger partial charge in [-0.1, -0.05) is 36.4 Å². The molecule has 0 amide bonds. The third-order valence-electron chi connectivity index (χ3n) is 3.10. The van der Waals surface area contributed by atoms with Crippen molar-refractivity contribution in [2.45, 2.75) is 0 Å². The van der Waals surface area contributed by atoms with Crippen molar-refractivity contribution in [3.8, 4) is 0 Å². The predicted molar refractivity (Wildman–Crippen MR) is 70.8 cm³/mol. The molecule has 0 heterocycles. The second-order valence-electron chi connectivity index (χ2n) is 4.21. The average molecular weight is 285 g/mol. The summed E-state index contributed by atoms with van der Waals surface area (Å²) in [5, 5.41) is 0. The SMILES string of the molecule is O=C1c2ccccc2C(=O)c2c(N=S(=O)=O)cccc21. The molecule has 98 valence electrons. The van der Waals surface area contributed by atoms with E-state index in [0.717, 1.165) is 0 Å². The zero-order valence-corrected chi connectivity index (χ0v) is 10.8. The lowest BCUT2D eigenvalue weighted by molar-refractivity contribution is 0.0979. The average Bonchev–Trinajstić information content (AvgIpc) is 2.44. The van der Waals surface area contributed by atoms with Gasteiger partial charge < -0.3 is 0 Å². The van der Waals surface area contributed by atoms with Crippen LogP contribution in [0.1, 0.15) is 31.8 Å². The van der Waals surface area contributed by atoms with Crippen LogP contribution in [0.2, 0.25) is 0 Å². The molecule has 1 aliphatic rings. The Kier molecular flexibility index (Phi) is 2.80. The maximum absolute atomic E-state index is 12.4. The first-order valence-electron chi connectivity index (χ1n) is 5.72. The van der Waals surface area contributed by atoms with Crippen molar-refractivity contribution in [2.75, 3.05) is 0 Å². The van der Waals surface area contributed by atoms with Crippen LogP contribution in [0.25, 0.3) is 0 Å². The van der Waals surface area contributed by atoms with Crippen LogP contribution in [-0.4, -0.2) is 20.0 Å². The standard InChI is InChI=1S/C14H7NO4S/c16-13-8-4-1-2-5-9(8)14(17)12-10(13)6-3-7-11(12)15-20(18)19/h1-7H. The number of benzene rings is 2. The Labute approximate surface area is 115 Å². The van der Waals surface area contributed by atoms with Crippen LogP contribution >= 0.6 is 0 Å². The van der Waals surface area contributed by atoms with Crippen molar-refractivity contribution in [3.63, 3.8) is 0 Å². The lowest BCUT2D eigenvalue weighted by Crippen LogP contribution is -2.20. The molecule has 0 aliphatic heterocycles. The van der Waals surface area contributed by atoms with Crippen LogP contribution < -0.4 is 0 Å². The fraction of sp³-hybridized carbons (Fsp3) is 0. The van der Waals surface area contributed by atoms with Gasteiger partial charge in [0.05, 0.1) is 11.3 Å². The highest BCUT2D eigenvalue weighted by atomic mass is 32.2. The number of fused-ring (bicyclic) bond motifs is 2. The van der Waals surface area contributed by atoms with Gasteiger partial charge in [0.25, 0.3) is 0 Å². The van der Waals surface area contributed by atoms with E-state index in [1.54, 1.807) is 24.3 Å². The topological polar surface area (TPSA) is 80.6 Å². The van der Waals surface area contributed by atoms with Gasteiger partial charge in [0.15, 0.2) is 11.6 Å². The molecule has 20 heavy (non-hydrogen) atoms. The Hall–Kier alpha value is -2.60. The van der Waals surface area contributed by atoms with Crippen LogP contribution in [0, 0.1) is 0 Å². The maximum atomic E-state index is 12.4. The summed E-state index contributed by atoms with van der Waals surface area (Å²) >= 11 is 0. The summed E-state index contributed by atoms with van der Waals surface area (Å²) in [7, 11) is -2.69. The molecule has 6 heteroatoms. The van der Waals surface area contributed by atoms with E-state index in [0.29, 0.717) is 5.56 Å². The van der Waals surface area contributed by atoms with Crippen LogP contribution in [0.4, 0.5) is 5.69 Å². The Balaban J connectivity index is 2.37. The van der Waals surface area contributed by atoms with Crippen molar-refractivity contribution >= 4 is 27.8 Å². The summed E-state index contributed by atoms with van der Waals surface area (Å²) in [4.78, 5) is 24.8. The molecule has 0 radical (unpaired) electrons. The first-order chi connectivity index (χ1) is 9.59. The first-order valence-corrected chi connectivity index (χ1v) is 6.75. The molecule has 0 spiro atoms. The molecular weight excluding hydrogens is 278 g/mol. The van der Waals surface area contributed by atoms with Gasteiger partial charge in [-0.05, 0) is 6.07 Å². The summed E-state index contributed by atoms with van der Waals surface area (Å²) < 4.78 is 24.8. The largest absolute Gasteiger partial charge is 0.316 e. The summed E-state index contributed by atoms with van der Waals surface area (Å²) in [6, 6.07) is 10.9. The van der Waals surface area contributed by atoms with Gasteiger partial charge >= 0.3 is 10.5 Å². The number of nitrogens with zero attached hydrogens (tertiary/aromatic N) is 1. The second kappa shape index (κ2) is 4.50. The van der Waals surface area contributed by atoms with E-state index in [9.17, 15) is 18.0 Å². The Morgan fingerprint density at radius 2 is 1.35 bits per heavy atom. The molecule has 1 aliphatic carbocycles. The van der Waals surface area contributed by atoms with E-state index in [1.165, 1.54) is 18.2 Å². The monoisotopic (exact) mass is 285 g/mol. The third-order valence-corrected chi connectivity index (χ3v) is 3.45. The molecule has 5 nitrogen and oxygen atoms in total. The van der Waals surface area contributed by atoms with Crippen LogP contribution in [0.15, 0.2) is 46.8 Å². The van der Waals surface area contributed by atoms with E-state index in [1.807, 2.05) is 0 Å². The van der Waals surface area contributed by atoms with Gasteiger partial charge in [-0.25, -0.2) is 0 Å². The number of carbonyl (C=O) groups excluding carboxylic acids is 2. The minimum atomic E-state index is -2.69. The summed E-state index contributed by atoms with van der Waals surface area (Å²) in [5.74, 6) is -0.691. The Morgan fingerprint density at radius 3 is 2.00 bits per heavy atom. The van der Waals surface area contributed by atoms with Gasteiger partial charge in [-0.2, -0.15) is 8.42 Å². The second-order valence-corrected chi connectivity index (χ2v) is 4.83. The quantitative estimate of drug-likeness (QED) is 0.686. The minimum Gasteiger partial charge on any atom is -0.289 e. The number of hydrogen-bond acceptors (Lipinski definition) is 5. The van der Waals surface area contributed by atoms with Crippen molar-refractivity contribution in [2.24, 2.45) is 4.36 Å². The molecule has 0 unspecified atom stereocenters. The molecular formula is C14H7NO4S. The van der Waals surface area contributed by atoms with Crippen LogP contribution in [0.3, 0.4) is 0 Å². The molecule has 0 aromatic heterocycles. The van der Waals surface area contributed by atoms with E-state index in [-0.39, 0.29) is 33.9 Å². The highest BCUT2D eigenvalue weighted by Gasteiger charge is 2.31. The Morgan fingerprint density at radius 1 is 0.750 bits per heavy atom. The number of hydrogen-bond donors (Lipinski definition) is 0. The Bertz CT molecular complexity index is 889. The van der Waals surface area contributed by atoms with E-state index in [2.05, 4.69) is 4.36 Å². The molecule has 0 saturated heterocycles. The summed E-state index contributed by atoms with van der Waals surface area (Å²) in [5.41, 5.74) is 0.805. The van der Waals surface area contributed by atoms with E-state index < -0.39 is 10.5 Å². The number of ketones is 2. The smallest absolute Gasteiger partial charge is 0.289 e. The molecule has 3 rings (SSSR count). The van der Waals surface area contributed by atoms with Crippen molar-refractivity contribution < 1.29 is 18.0 Å². The fourth-order valence-electron chi connectivity index (χ4n) is 2.28. The van der Waals surface area contributed by atoms with Gasteiger partial charge in [0, 0.05) is 16.7 Å². The molecule has 2 aromatic carbocycles. The van der Waals surface area contributed by atoms with Crippen molar-refractivity contribution in [1.29, 1.82) is 0 Å². The van der Waals surface area contributed by atoms with Gasteiger partial charge in [-0.15, -0.1) is 4.36 Å². The maximum Gasteiger partial charge on any atom is 0.316 e. The first kappa shape index (κ1) is 12.4. The molecule has 0 fully saturated rings. The van der Waals surface area contributed by atoms with Crippen LogP contribution in [-0.2, 0) is 10.5 Å². The highest BCUT2D eigenvalue weighted by Crippen LogP contribution is 2.33. The third kappa shape index (κ3) is 1.78.